The second-order valence-corrected chi connectivity index (χ2v) is 14.4. The summed E-state index contributed by atoms with van der Waals surface area (Å²) >= 11 is 2.00. The number of benzene rings is 8. The van der Waals surface area contributed by atoms with Gasteiger partial charge in [-0.15, -0.1) is 11.8 Å². The van der Waals surface area contributed by atoms with E-state index in [-0.39, 0.29) is 0 Å². The van der Waals surface area contributed by atoms with E-state index in [4.69, 9.17) is 0 Å². The van der Waals surface area contributed by atoms with Crippen LogP contribution in [-0.2, 0) is 0 Å². The summed E-state index contributed by atoms with van der Waals surface area (Å²) in [5.41, 5.74) is 9.85. The Hall–Kier alpha value is -5.83. The Morgan fingerprint density at radius 1 is 0.420 bits per heavy atom. The Balaban J connectivity index is 1.05. The monoisotopic (exact) mass is 655 g/mol. The number of para-hydroxylation sites is 1. The predicted octanol–water partition coefficient (Wildman–Crippen LogP) is 13.6. The first-order valence-electron chi connectivity index (χ1n) is 17.3. The molecule has 0 aromatic heterocycles. The standard InChI is InChI=1S/C48H33NS/c1-2-13-35(14-3-1)49(37-15-8-12-34(31-37)40-19-10-21-46-45-17-6-7-22-47(45)50-48(40)46)36-26-23-33(24-27-36)39-18-9-20-41-42(39)29-30-43-38-16-5-4-11-32(38)25-28-44(41)43/h1-31,45,47H. The Morgan fingerprint density at radius 3 is 2.00 bits per heavy atom. The van der Waals surface area contributed by atoms with Crippen molar-refractivity contribution in [1.82, 2.24) is 0 Å². The number of allylic oxidation sites excluding steroid dienone is 3. The van der Waals surface area contributed by atoms with E-state index in [1.54, 1.807) is 0 Å². The van der Waals surface area contributed by atoms with Crippen molar-refractivity contribution in [2.45, 2.75) is 16.1 Å². The number of rotatable bonds is 5. The van der Waals surface area contributed by atoms with Crippen molar-refractivity contribution in [3.8, 4) is 22.3 Å². The van der Waals surface area contributed by atoms with Crippen LogP contribution in [0.2, 0.25) is 0 Å². The van der Waals surface area contributed by atoms with Crippen molar-refractivity contribution in [3.05, 3.63) is 194 Å². The van der Waals surface area contributed by atoms with Crippen molar-refractivity contribution in [1.29, 1.82) is 0 Å². The molecule has 1 aliphatic heterocycles. The summed E-state index contributed by atoms with van der Waals surface area (Å²) in [4.78, 5) is 3.78. The molecule has 0 saturated heterocycles. The molecule has 1 heterocycles. The van der Waals surface area contributed by atoms with E-state index < -0.39 is 0 Å². The molecule has 10 rings (SSSR count). The molecule has 0 fully saturated rings. The molecule has 0 N–H and O–H groups in total. The van der Waals surface area contributed by atoms with Gasteiger partial charge in [-0.1, -0.05) is 152 Å². The van der Waals surface area contributed by atoms with E-state index >= 15 is 0 Å². The molecule has 2 heteroatoms. The molecule has 0 saturated carbocycles. The molecule has 8 aromatic carbocycles. The van der Waals surface area contributed by atoms with Gasteiger partial charge in [0.15, 0.2) is 0 Å². The number of hydrogen-bond acceptors (Lipinski definition) is 2. The van der Waals surface area contributed by atoms with Crippen LogP contribution in [0.25, 0.3) is 54.6 Å². The third-order valence-corrected chi connectivity index (χ3v) is 11.8. The first-order valence-corrected chi connectivity index (χ1v) is 18.2. The Bertz CT molecular complexity index is 2630. The summed E-state index contributed by atoms with van der Waals surface area (Å²) in [5.74, 6) is 0.447. The van der Waals surface area contributed by atoms with Crippen LogP contribution in [0.5, 0.6) is 0 Å². The third kappa shape index (κ3) is 4.79. The summed E-state index contributed by atoms with van der Waals surface area (Å²) in [7, 11) is 0. The molecular weight excluding hydrogens is 623 g/mol. The van der Waals surface area contributed by atoms with Gasteiger partial charge >= 0.3 is 0 Å². The molecule has 0 radical (unpaired) electrons. The van der Waals surface area contributed by atoms with E-state index in [1.165, 1.54) is 65.0 Å². The first kappa shape index (κ1) is 29.1. The SMILES string of the molecule is C1=CC2Sc3c(-c4cccc(N(c5ccccc5)c5ccc(-c6cccc7c6ccc6c8ccccc8ccc76)cc5)c4)cccc3C2C=C1. The molecule has 236 valence electrons. The van der Waals surface area contributed by atoms with Gasteiger partial charge < -0.3 is 4.90 Å². The molecule has 1 aliphatic carbocycles. The van der Waals surface area contributed by atoms with Crippen LogP contribution in [0, 0.1) is 0 Å². The number of thioether (sulfide) groups is 1. The van der Waals surface area contributed by atoms with Crippen molar-refractivity contribution in [2.75, 3.05) is 4.90 Å². The van der Waals surface area contributed by atoms with Crippen LogP contribution in [-0.4, -0.2) is 5.25 Å². The summed E-state index contributed by atoms with van der Waals surface area (Å²) < 4.78 is 0. The molecular formula is C48H33NS. The molecule has 2 aliphatic rings. The second-order valence-electron chi connectivity index (χ2n) is 13.2. The highest BCUT2D eigenvalue weighted by atomic mass is 32.2. The predicted molar refractivity (Wildman–Crippen MR) is 215 cm³/mol. The lowest BCUT2D eigenvalue weighted by atomic mass is 9.90. The van der Waals surface area contributed by atoms with Gasteiger partial charge in [0.25, 0.3) is 0 Å². The van der Waals surface area contributed by atoms with Crippen molar-refractivity contribution in [2.24, 2.45) is 0 Å². The highest BCUT2D eigenvalue weighted by molar-refractivity contribution is 8.00. The van der Waals surface area contributed by atoms with Gasteiger partial charge in [-0.05, 0) is 96.5 Å². The Labute approximate surface area is 296 Å². The Kier molecular flexibility index (Phi) is 6.96. The zero-order chi connectivity index (χ0) is 33.0. The topological polar surface area (TPSA) is 3.24 Å². The summed E-state index contributed by atoms with van der Waals surface area (Å²) in [6.07, 6.45) is 9.08. The van der Waals surface area contributed by atoms with Crippen molar-refractivity contribution >= 4 is 61.1 Å². The lowest BCUT2D eigenvalue weighted by Crippen LogP contribution is -2.09. The minimum absolute atomic E-state index is 0.447. The fourth-order valence-electron chi connectivity index (χ4n) is 8.03. The third-order valence-electron chi connectivity index (χ3n) is 10.4. The van der Waals surface area contributed by atoms with E-state index in [0.717, 1.165) is 17.1 Å². The maximum absolute atomic E-state index is 2.37. The van der Waals surface area contributed by atoms with Gasteiger partial charge in [-0.2, -0.15) is 0 Å². The number of fused-ring (bicyclic) bond motifs is 8. The van der Waals surface area contributed by atoms with Gasteiger partial charge in [-0.25, -0.2) is 0 Å². The smallest absolute Gasteiger partial charge is 0.0467 e. The van der Waals surface area contributed by atoms with Crippen LogP contribution in [0.1, 0.15) is 11.5 Å². The summed E-state index contributed by atoms with van der Waals surface area (Å²) in [6, 6.07) is 60.1. The highest BCUT2D eigenvalue weighted by Gasteiger charge is 2.32. The summed E-state index contributed by atoms with van der Waals surface area (Å²) in [6.45, 7) is 0. The zero-order valence-corrected chi connectivity index (χ0v) is 28.2. The number of anilines is 3. The quantitative estimate of drug-likeness (QED) is 0.170. The van der Waals surface area contributed by atoms with Crippen LogP contribution >= 0.6 is 11.8 Å². The lowest BCUT2D eigenvalue weighted by Gasteiger charge is -2.26. The van der Waals surface area contributed by atoms with E-state index in [9.17, 15) is 0 Å². The average Bonchev–Trinajstić information content (AvgIpc) is 3.57. The van der Waals surface area contributed by atoms with Crippen LogP contribution in [0.4, 0.5) is 17.1 Å². The Morgan fingerprint density at radius 2 is 1.08 bits per heavy atom. The molecule has 2 atom stereocenters. The largest absolute Gasteiger partial charge is 0.310 e. The molecule has 2 unspecified atom stereocenters. The zero-order valence-electron chi connectivity index (χ0n) is 27.4. The molecule has 1 nitrogen and oxygen atoms in total. The average molecular weight is 656 g/mol. The van der Waals surface area contributed by atoms with Crippen LogP contribution < -0.4 is 4.90 Å². The lowest BCUT2D eigenvalue weighted by molar-refractivity contribution is 0.881. The fourth-order valence-corrected chi connectivity index (χ4v) is 9.51. The van der Waals surface area contributed by atoms with Gasteiger partial charge in [0.2, 0.25) is 0 Å². The maximum atomic E-state index is 2.37. The molecule has 0 amide bonds. The molecule has 0 spiro atoms. The van der Waals surface area contributed by atoms with Gasteiger partial charge in [0, 0.05) is 33.1 Å². The first-order chi connectivity index (χ1) is 24.8. The second kappa shape index (κ2) is 11.9. The van der Waals surface area contributed by atoms with E-state index in [0.29, 0.717) is 11.2 Å². The molecule has 0 bridgehead atoms. The molecule has 8 aromatic rings. The van der Waals surface area contributed by atoms with Crippen LogP contribution in [0.3, 0.4) is 0 Å². The van der Waals surface area contributed by atoms with Gasteiger partial charge in [0.1, 0.15) is 0 Å². The minimum atomic E-state index is 0.447. The van der Waals surface area contributed by atoms with E-state index in [2.05, 4.69) is 193 Å². The van der Waals surface area contributed by atoms with Crippen molar-refractivity contribution in [3.63, 3.8) is 0 Å². The van der Waals surface area contributed by atoms with Crippen LogP contribution in [0.15, 0.2) is 193 Å². The summed E-state index contributed by atoms with van der Waals surface area (Å²) in [5, 5.41) is 8.20. The minimum Gasteiger partial charge on any atom is -0.310 e. The highest BCUT2D eigenvalue weighted by Crippen LogP contribution is 2.52. The molecule has 50 heavy (non-hydrogen) atoms. The van der Waals surface area contributed by atoms with E-state index in [1.807, 2.05) is 11.8 Å². The fraction of sp³-hybridized carbons (Fsp3) is 0.0417. The number of nitrogens with zero attached hydrogens (tertiary/aromatic N) is 1. The van der Waals surface area contributed by atoms with Gasteiger partial charge in [0.05, 0.1) is 0 Å². The maximum Gasteiger partial charge on any atom is 0.0467 e. The van der Waals surface area contributed by atoms with Gasteiger partial charge in [-0.3, -0.25) is 0 Å². The number of hydrogen-bond donors (Lipinski definition) is 0. The normalized spacial score (nSPS) is 16.2. The van der Waals surface area contributed by atoms with Crippen molar-refractivity contribution < 1.29 is 0 Å².